The Morgan fingerprint density at radius 3 is 2.32 bits per heavy atom. The average molecular weight is 640 g/mol. The van der Waals surface area contributed by atoms with Crippen molar-refractivity contribution in [2.24, 2.45) is 0 Å². The maximum Gasteiger partial charge on any atom is 0.411 e. The number of ketones is 1. The van der Waals surface area contributed by atoms with Crippen LogP contribution in [0.3, 0.4) is 0 Å². The van der Waals surface area contributed by atoms with Crippen molar-refractivity contribution in [2.75, 3.05) is 70.5 Å². The van der Waals surface area contributed by atoms with E-state index in [0.717, 1.165) is 65.6 Å². The molecule has 0 bridgehead atoms. The van der Waals surface area contributed by atoms with Crippen LogP contribution in [-0.2, 0) is 21.3 Å². The molecule has 0 spiro atoms. The molecule has 10 nitrogen and oxygen atoms in total. The summed E-state index contributed by atoms with van der Waals surface area (Å²) in [5.41, 5.74) is 2.71. The fraction of sp³-hybridized carbons (Fsp3) is 0.438. The number of Topliss-reactive ketones (excluding diaryl/α,β-unsaturated/α-hetero) is 1. The number of carbonyl (C=O) groups is 2. The Hall–Kier alpha value is -3.13. The summed E-state index contributed by atoms with van der Waals surface area (Å²) in [6.45, 7) is 6.60. The molecule has 5 rings (SSSR count). The highest BCUT2D eigenvalue weighted by molar-refractivity contribution is 7.88. The maximum absolute atomic E-state index is 12.7. The van der Waals surface area contributed by atoms with Gasteiger partial charge in [0, 0.05) is 69.3 Å². The number of ether oxygens (including phenoxy) is 1. The van der Waals surface area contributed by atoms with Crippen LogP contribution >= 0.6 is 11.3 Å². The van der Waals surface area contributed by atoms with E-state index in [1.807, 2.05) is 66.7 Å². The number of hydrogen-bond donors (Lipinski definition) is 2. The van der Waals surface area contributed by atoms with Gasteiger partial charge in [0.2, 0.25) is 10.0 Å². The van der Waals surface area contributed by atoms with Crippen LogP contribution < -0.4 is 10.6 Å². The van der Waals surface area contributed by atoms with Crippen LogP contribution in [0.25, 0.3) is 11.1 Å². The predicted octanol–water partition coefficient (Wildman–Crippen LogP) is 3.98. The zero-order valence-corrected chi connectivity index (χ0v) is 26.7. The molecular formula is C32H41N5O5S2. The van der Waals surface area contributed by atoms with E-state index in [1.54, 1.807) is 0 Å². The van der Waals surface area contributed by atoms with Crippen LogP contribution in [0.2, 0.25) is 0 Å². The molecule has 0 radical (unpaired) electrons. The minimum atomic E-state index is -3.14. The van der Waals surface area contributed by atoms with E-state index in [1.165, 1.54) is 21.9 Å². The van der Waals surface area contributed by atoms with Gasteiger partial charge in [0.15, 0.2) is 5.78 Å². The molecule has 2 aliphatic rings. The van der Waals surface area contributed by atoms with Gasteiger partial charge in [0.05, 0.1) is 23.4 Å². The van der Waals surface area contributed by atoms with E-state index in [2.05, 4.69) is 20.4 Å². The number of benzene rings is 2. The van der Waals surface area contributed by atoms with Gasteiger partial charge in [-0.25, -0.2) is 13.2 Å². The smallest absolute Gasteiger partial charge is 0.411 e. The highest BCUT2D eigenvalue weighted by atomic mass is 32.2. The molecule has 2 aliphatic heterocycles. The third-order valence-corrected chi connectivity index (χ3v) is 10.5. The Bertz CT molecular complexity index is 1500. The lowest BCUT2D eigenvalue weighted by Crippen LogP contribution is -2.47. The number of hydrogen-bond acceptors (Lipinski definition) is 9. The average Bonchev–Trinajstić information content (AvgIpc) is 3.49. The van der Waals surface area contributed by atoms with E-state index in [4.69, 9.17) is 4.74 Å². The second kappa shape index (κ2) is 15.2. The first-order valence-corrected chi connectivity index (χ1v) is 17.8. The summed E-state index contributed by atoms with van der Waals surface area (Å²) in [5, 5.41) is 6.20. The number of nitrogens with one attached hydrogen (secondary N) is 2. The zero-order chi connectivity index (χ0) is 30.9. The molecule has 2 fully saturated rings. The molecule has 2 aromatic carbocycles. The Balaban J connectivity index is 0.964. The molecule has 236 valence electrons. The quantitative estimate of drug-likeness (QED) is 0.226. The van der Waals surface area contributed by atoms with Crippen molar-refractivity contribution in [3.63, 3.8) is 0 Å². The van der Waals surface area contributed by atoms with Crippen molar-refractivity contribution in [1.82, 2.24) is 19.4 Å². The van der Waals surface area contributed by atoms with E-state index >= 15 is 0 Å². The third kappa shape index (κ3) is 9.19. The second-order valence-corrected chi connectivity index (χ2v) is 14.4. The molecular weight excluding hydrogens is 599 g/mol. The number of amides is 1. The molecule has 0 atom stereocenters. The molecule has 2 N–H and O–H groups in total. The van der Waals surface area contributed by atoms with Crippen molar-refractivity contribution in [1.29, 1.82) is 0 Å². The number of carbonyl (C=O) groups excluding carboxylic acids is 2. The second-order valence-electron chi connectivity index (χ2n) is 11.3. The van der Waals surface area contributed by atoms with Crippen molar-refractivity contribution >= 4 is 38.9 Å². The third-order valence-electron chi connectivity index (χ3n) is 8.06. The van der Waals surface area contributed by atoms with Gasteiger partial charge < -0.3 is 15.0 Å². The molecule has 0 unspecified atom stereocenters. The van der Waals surface area contributed by atoms with Crippen LogP contribution in [0, 0.1) is 0 Å². The maximum atomic E-state index is 12.7. The predicted molar refractivity (Wildman–Crippen MR) is 175 cm³/mol. The summed E-state index contributed by atoms with van der Waals surface area (Å²) < 4.78 is 30.7. The van der Waals surface area contributed by atoms with Gasteiger partial charge in [0.1, 0.15) is 6.10 Å². The normalized spacial score (nSPS) is 17.4. The van der Waals surface area contributed by atoms with Crippen LogP contribution in [0.1, 0.15) is 27.4 Å². The molecule has 0 aliphatic carbocycles. The number of rotatable bonds is 12. The minimum absolute atomic E-state index is 0.0788. The van der Waals surface area contributed by atoms with E-state index in [9.17, 15) is 18.0 Å². The van der Waals surface area contributed by atoms with Crippen LogP contribution in [-0.4, -0.2) is 106 Å². The van der Waals surface area contributed by atoms with Gasteiger partial charge in [-0.05, 0) is 36.6 Å². The Morgan fingerprint density at radius 2 is 1.59 bits per heavy atom. The lowest BCUT2D eigenvalue weighted by Gasteiger charge is -2.32. The van der Waals surface area contributed by atoms with Crippen molar-refractivity contribution in [3.05, 3.63) is 76.5 Å². The number of piperidine rings is 1. The fourth-order valence-electron chi connectivity index (χ4n) is 5.58. The van der Waals surface area contributed by atoms with Crippen molar-refractivity contribution in [3.8, 4) is 11.1 Å². The molecule has 0 saturated carbocycles. The fourth-order valence-corrected chi connectivity index (χ4v) is 7.40. The molecule has 1 aromatic heterocycles. The SMILES string of the molecule is CS(=O)(=O)N1CCN(Cc2ccc(C(=O)CNCCN3CCC(OC(=O)Nc4ccccc4-c4ccccc4)CC3)s2)CC1. The van der Waals surface area contributed by atoms with E-state index < -0.39 is 16.1 Å². The standard InChI is InChI=1S/C32H41N5O5S2/c1-44(40,41)37-21-19-36(20-22-37)24-27-11-12-31(43-27)30(38)23-33-15-18-35-16-13-26(14-17-35)42-32(39)34-29-10-6-5-9-28(29)25-7-3-2-4-8-25/h2-12,26,33H,13-24H2,1H3,(H,34,39). The molecule has 12 heteroatoms. The molecule has 2 saturated heterocycles. The van der Waals surface area contributed by atoms with Gasteiger partial charge in [-0.2, -0.15) is 4.31 Å². The highest BCUT2D eigenvalue weighted by Crippen LogP contribution is 2.28. The minimum Gasteiger partial charge on any atom is -0.446 e. The number of sulfonamides is 1. The van der Waals surface area contributed by atoms with Gasteiger partial charge in [0.25, 0.3) is 0 Å². The summed E-state index contributed by atoms with van der Waals surface area (Å²) >= 11 is 1.51. The monoisotopic (exact) mass is 639 g/mol. The van der Waals surface area contributed by atoms with Gasteiger partial charge in [-0.1, -0.05) is 48.5 Å². The summed E-state index contributed by atoms with van der Waals surface area (Å²) in [6.07, 6.45) is 2.24. The first-order chi connectivity index (χ1) is 21.2. The van der Waals surface area contributed by atoms with Crippen LogP contribution in [0.15, 0.2) is 66.7 Å². The first kappa shape index (κ1) is 32.3. The van der Waals surface area contributed by atoms with Crippen LogP contribution in [0.4, 0.5) is 10.5 Å². The Morgan fingerprint density at radius 1 is 0.886 bits per heavy atom. The van der Waals surface area contributed by atoms with Gasteiger partial charge in [-0.15, -0.1) is 11.3 Å². The van der Waals surface area contributed by atoms with E-state index in [-0.39, 0.29) is 18.4 Å². The zero-order valence-electron chi connectivity index (χ0n) is 25.1. The molecule has 44 heavy (non-hydrogen) atoms. The summed E-state index contributed by atoms with van der Waals surface area (Å²) in [5.74, 6) is 0.0788. The summed E-state index contributed by atoms with van der Waals surface area (Å²) in [6, 6.07) is 21.5. The number of likely N-dealkylation sites (tertiary alicyclic amines) is 1. The molecule has 3 aromatic rings. The number of nitrogens with zero attached hydrogens (tertiary/aromatic N) is 3. The van der Waals surface area contributed by atoms with Gasteiger partial charge >= 0.3 is 6.09 Å². The Kier molecular flexibility index (Phi) is 11.2. The summed E-state index contributed by atoms with van der Waals surface area (Å²) in [7, 11) is -3.14. The van der Waals surface area contributed by atoms with Gasteiger partial charge in [-0.3, -0.25) is 15.0 Å². The first-order valence-electron chi connectivity index (χ1n) is 15.1. The van der Waals surface area contributed by atoms with Crippen molar-refractivity contribution < 1.29 is 22.7 Å². The highest BCUT2D eigenvalue weighted by Gasteiger charge is 2.24. The van der Waals surface area contributed by atoms with E-state index in [0.29, 0.717) is 32.7 Å². The summed E-state index contributed by atoms with van der Waals surface area (Å²) in [4.78, 5) is 31.8. The number of thiophene rings is 1. The number of piperazine rings is 1. The molecule has 1 amide bonds. The van der Waals surface area contributed by atoms with Crippen molar-refractivity contribution in [2.45, 2.75) is 25.5 Å². The molecule has 3 heterocycles. The lowest BCUT2D eigenvalue weighted by atomic mass is 10.0. The Labute approximate surface area is 264 Å². The topological polar surface area (TPSA) is 111 Å². The van der Waals surface area contributed by atoms with Crippen LogP contribution in [0.5, 0.6) is 0 Å². The lowest BCUT2D eigenvalue weighted by molar-refractivity contribution is 0.0593. The number of para-hydroxylation sites is 1. The number of anilines is 1. The largest absolute Gasteiger partial charge is 0.446 e.